The third kappa shape index (κ3) is 3.78. The molecule has 1 unspecified atom stereocenters. The van der Waals surface area contributed by atoms with E-state index in [4.69, 9.17) is 4.74 Å². The topological polar surface area (TPSA) is 95.7 Å². The van der Waals surface area contributed by atoms with E-state index in [0.717, 1.165) is 0 Å². The molecule has 0 aliphatic carbocycles. The number of H-pyrrole nitrogens is 2. The molecule has 0 saturated carbocycles. The first-order valence-corrected chi connectivity index (χ1v) is 7.34. The van der Waals surface area contributed by atoms with Gasteiger partial charge in [0.25, 0.3) is 5.91 Å². The smallest absolute Gasteiger partial charge is 0.272 e. The Balaban J connectivity index is 1.57. The number of carbonyl (C=O) groups excluding carboxylic acids is 1. The molecule has 2 heterocycles. The molecule has 0 bridgehead atoms. The molecule has 3 aromatic rings. The van der Waals surface area contributed by atoms with Gasteiger partial charge in [0.05, 0.1) is 11.7 Å². The van der Waals surface area contributed by atoms with Crippen LogP contribution in [-0.4, -0.2) is 26.1 Å². The number of hydrogen-bond donors (Lipinski definition) is 3. The number of rotatable bonds is 6. The minimum Gasteiger partial charge on any atom is -0.487 e. The first kappa shape index (κ1) is 15.7. The summed E-state index contributed by atoms with van der Waals surface area (Å²) in [7, 11) is 0. The van der Waals surface area contributed by atoms with E-state index in [1.165, 1.54) is 12.1 Å². The fraction of sp³-hybridized carbons (Fsp3) is 0.188. The predicted octanol–water partition coefficient (Wildman–Crippen LogP) is 2.34. The van der Waals surface area contributed by atoms with Crippen molar-refractivity contribution >= 4 is 5.91 Å². The number of ether oxygens (including phenoxy) is 1. The van der Waals surface area contributed by atoms with Crippen molar-refractivity contribution in [3.8, 4) is 5.75 Å². The van der Waals surface area contributed by atoms with E-state index in [0.29, 0.717) is 17.3 Å². The molecule has 0 fully saturated rings. The number of aromatic amines is 2. The van der Waals surface area contributed by atoms with Crippen molar-refractivity contribution in [1.82, 2.24) is 25.5 Å². The van der Waals surface area contributed by atoms with Gasteiger partial charge < -0.3 is 15.0 Å². The van der Waals surface area contributed by atoms with Crippen LogP contribution in [0.2, 0.25) is 0 Å². The van der Waals surface area contributed by atoms with Gasteiger partial charge in [0.15, 0.2) is 0 Å². The van der Waals surface area contributed by atoms with Crippen molar-refractivity contribution in [2.45, 2.75) is 19.6 Å². The summed E-state index contributed by atoms with van der Waals surface area (Å²) in [6.07, 6.45) is 3.31. The SMILES string of the molecule is CC(NC(=O)c1cc(COc2cccc(F)c2)[nH]n1)c1ncc[nH]1. The van der Waals surface area contributed by atoms with Crippen LogP contribution in [0.3, 0.4) is 0 Å². The Labute approximate surface area is 137 Å². The molecule has 0 radical (unpaired) electrons. The summed E-state index contributed by atoms with van der Waals surface area (Å²) in [5.74, 6) is 0.367. The predicted molar refractivity (Wildman–Crippen MR) is 83.8 cm³/mol. The monoisotopic (exact) mass is 329 g/mol. The minimum atomic E-state index is -0.371. The zero-order valence-electron chi connectivity index (χ0n) is 12.9. The lowest BCUT2D eigenvalue weighted by atomic mass is 10.3. The molecule has 3 rings (SSSR count). The van der Waals surface area contributed by atoms with Crippen LogP contribution in [-0.2, 0) is 6.61 Å². The van der Waals surface area contributed by atoms with E-state index in [2.05, 4.69) is 25.5 Å². The van der Waals surface area contributed by atoms with E-state index in [1.807, 2.05) is 6.92 Å². The Morgan fingerprint density at radius 2 is 2.29 bits per heavy atom. The number of carbonyl (C=O) groups is 1. The van der Waals surface area contributed by atoms with Gasteiger partial charge in [-0.25, -0.2) is 9.37 Å². The lowest BCUT2D eigenvalue weighted by Gasteiger charge is -2.09. The van der Waals surface area contributed by atoms with Gasteiger partial charge >= 0.3 is 0 Å². The zero-order valence-corrected chi connectivity index (χ0v) is 12.9. The van der Waals surface area contributed by atoms with E-state index >= 15 is 0 Å². The molecule has 0 spiro atoms. The molecule has 2 aromatic heterocycles. The normalized spacial score (nSPS) is 11.9. The largest absolute Gasteiger partial charge is 0.487 e. The van der Waals surface area contributed by atoms with Crippen LogP contribution in [0.25, 0.3) is 0 Å². The van der Waals surface area contributed by atoms with Crippen LogP contribution in [0, 0.1) is 5.82 Å². The lowest BCUT2D eigenvalue weighted by Crippen LogP contribution is -2.27. The van der Waals surface area contributed by atoms with E-state index < -0.39 is 0 Å². The Kier molecular flexibility index (Phi) is 4.55. The van der Waals surface area contributed by atoms with Gasteiger partial charge in [-0.2, -0.15) is 5.10 Å². The van der Waals surface area contributed by atoms with Crippen LogP contribution in [0.15, 0.2) is 42.7 Å². The number of imidazole rings is 1. The zero-order chi connectivity index (χ0) is 16.9. The van der Waals surface area contributed by atoms with Crippen molar-refractivity contribution in [3.05, 3.63) is 65.8 Å². The first-order valence-electron chi connectivity index (χ1n) is 7.34. The Bertz CT molecular complexity index is 816. The number of halogens is 1. The molecule has 1 aromatic carbocycles. The molecule has 8 heteroatoms. The van der Waals surface area contributed by atoms with Crippen molar-refractivity contribution < 1.29 is 13.9 Å². The molecule has 3 N–H and O–H groups in total. The number of nitrogens with one attached hydrogen (secondary N) is 3. The number of aromatic nitrogens is 4. The maximum Gasteiger partial charge on any atom is 0.272 e. The highest BCUT2D eigenvalue weighted by Crippen LogP contribution is 2.14. The molecule has 1 atom stereocenters. The number of nitrogens with zero attached hydrogens (tertiary/aromatic N) is 2. The quantitative estimate of drug-likeness (QED) is 0.647. The minimum absolute atomic E-state index is 0.150. The second-order valence-electron chi connectivity index (χ2n) is 5.19. The third-order valence-corrected chi connectivity index (χ3v) is 3.33. The average molecular weight is 329 g/mol. The fourth-order valence-corrected chi connectivity index (χ4v) is 2.12. The van der Waals surface area contributed by atoms with Crippen LogP contribution in [0.4, 0.5) is 4.39 Å². The second-order valence-corrected chi connectivity index (χ2v) is 5.19. The molecular formula is C16H16FN5O2. The summed E-state index contributed by atoms with van der Waals surface area (Å²) in [5, 5.41) is 9.47. The standard InChI is InChI=1S/C16H16FN5O2/c1-10(15-18-5-6-19-15)20-16(23)14-8-12(21-22-14)9-24-13-4-2-3-11(17)7-13/h2-8,10H,9H2,1H3,(H,18,19)(H,20,23)(H,21,22). The van der Waals surface area contributed by atoms with Crippen molar-refractivity contribution in [3.63, 3.8) is 0 Å². The summed E-state index contributed by atoms with van der Waals surface area (Å²) in [4.78, 5) is 19.2. The van der Waals surface area contributed by atoms with Gasteiger partial charge in [-0.15, -0.1) is 0 Å². The molecular weight excluding hydrogens is 313 g/mol. The molecule has 7 nitrogen and oxygen atoms in total. The Morgan fingerprint density at radius 1 is 1.42 bits per heavy atom. The second kappa shape index (κ2) is 6.95. The van der Waals surface area contributed by atoms with Crippen molar-refractivity contribution in [1.29, 1.82) is 0 Å². The highest BCUT2D eigenvalue weighted by atomic mass is 19.1. The Hall–Kier alpha value is -3.16. The summed E-state index contributed by atoms with van der Waals surface area (Å²) in [6.45, 7) is 1.97. The van der Waals surface area contributed by atoms with E-state index in [9.17, 15) is 9.18 Å². The number of hydrogen-bond acceptors (Lipinski definition) is 4. The fourth-order valence-electron chi connectivity index (χ4n) is 2.12. The average Bonchev–Trinajstić information content (AvgIpc) is 3.25. The highest BCUT2D eigenvalue weighted by Gasteiger charge is 2.15. The summed E-state index contributed by atoms with van der Waals surface area (Å²) in [6, 6.07) is 7.16. The molecule has 0 aliphatic heterocycles. The molecule has 124 valence electrons. The third-order valence-electron chi connectivity index (χ3n) is 3.33. The number of amides is 1. The Morgan fingerprint density at radius 3 is 3.04 bits per heavy atom. The molecule has 24 heavy (non-hydrogen) atoms. The van der Waals surface area contributed by atoms with E-state index in [1.54, 1.807) is 30.6 Å². The van der Waals surface area contributed by atoms with Crippen LogP contribution in [0.5, 0.6) is 5.75 Å². The van der Waals surface area contributed by atoms with Crippen LogP contribution < -0.4 is 10.1 Å². The van der Waals surface area contributed by atoms with Gasteiger partial charge in [-0.1, -0.05) is 6.07 Å². The van der Waals surface area contributed by atoms with Crippen molar-refractivity contribution in [2.24, 2.45) is 0 Å². The van der Waals surface area contributed by atoms with Crippen LogP contribution >= 0.6 is 0 Å². The van der Waals surface area contributed by atoms with Crippen molar-refractivity contribution in [2.75, 3.05) is 0 Å². The maximum absolute atomic E-state index is 13.1. The van der Waals surface area contributed by atoms with E-state index in [-0.39, 0.29) is 30.1 Å². The van der Waals surface area contributed by atoms with Crippen LogP contribution in [0.1, 0.15) is 35.0 Å². The lowest BCUT2D eigenvalue weighted by molar-refractivity contribution is 0.0933. The summed E-state index contributed by atoms with van der Waals surface area (Å²) < 4.78 is 18.5. The summed E-state index contributed by atoms with van der Waals surface area (Å²) in [5.41, 5.74) is 0.848. The van der Waals surface area contributed by atoms with Gasteiger partial charge in [0.2, 0.25) is 0 Å². The van der Waals surface area contributed by atoms with Gasteiger partial charge in [-0.3, -0.25) is 9.89 Å². The van der Waals surface area contributed by atoms with Gasteiger partial charge in [0, 0.05) is 18.5 Å². The van der Waals surface area contributed by atoms with Gasteiger partial charge in [0.1, 0.15) is 29.7 Å². The summed E-state index contributed by atoms with van der Waals surface area (Å²) >= 11 is 0. The molecule has 0 aliphatic rings. The molecule has 0 saturated heterocycles. The number of benzene rings is 1. The maximum atomic E-state index is 13.1. The molecule has 1 amide bonds. The van der Waals surface area contributed by atoms with Gasteiger partial charge in [-0.05, 0) is 25.1 Å². The highest BCUT2D eigenvalue weighted by molar-refractivity contribution is 5.92. The first-order chi connectivity index (χ1) is 11.6.